The van der Waals surface area contributed by atoms with Crippen molar-refractivity contribution < 1.29 is 4.39 Å². The fourth-order valence-electron chi connectivity index (χ4n) is 2.38. The van der Waals surface area contributed by atoms with Crippen LogP contribution in [0.15, 0.2) is 54.6 Å². The number of benzene rings is 2. The van der Waals surface area contributed by atoms with Crippen LogP contribution >= 0.6 is 0 Å². The first kappa shape index (κ1) is 15.9. The summed E-state index contributed by atoms with van der Waals surface area (Å²) in [5.41, 5.74) is 3.21. The first-order valence-electron chi connectivity index (χ1n) is 7.87. The summed E-state index contributed by atoms with van der Waals surface area (Å²) in [6.07, 6.45) is 0. The lowest BCUT2D eigenvalue weighted by Gasteiger charge is -2.11. The molecule has 2 N–H and O–H groups in total. The SMILES string of the molecule is CCNc1nc(Nc2ccc(F)c(C)c2)cc(-c2ccccc2)n1. The van der Waals surface area contributed by atoms with Crippen molar-refractivity contribution in [2.45, 2.75) is 13.8 Å². The molecule has 0 fully saturated rings. The molecule has 2 aromatic carbocycles. The van der Waals surface area contributed by atoms with Crippen LogP contribution in [0.4, 0.5) is 21.8 Å². The fraction of sp³-hybridized carbons (Fsp3) is 0.158. The van der Waals surface area contributed by atoms with Crippen molar-refractivity contribution in [3.8, 4) is 11.3 Å². The van der Waals surface area contributed by atoms with Crippen LogP contribution in [0.2, 0.25) is 0 Å². The van der Waals surface area contributed by atoms with Gasteiger partial charge in [-0.1, -0.05) is 30.3 Å². The van der Waals surface area contributed by atoms with E-state index in [1.54, 1.807) is 19.1 Å². The maximum absolute atomic E-state index is 13.4. The van der Waals surface area contributed by atoms with Gasteiger partial charge in [0.25, 0.3) is 0 Å². The predicted molar refractivity (Wildman–Crippen MR) is 96.1 cm³/mol. The minimum atomic E-state index is -0.221. The smallest absolute Gasteiger partial charge is 0.225 e. The number of nitrogens with zero attached hydrogens (tertiary/aromatic N) is 2. The van der Waals surface area contributed by atoms with Crippen molar-refractivity contribution in [3.63, 3.8) is 0 Å². The number of rotatable bonds is 5. The average Bonchev–Trinajstić information content (AvgIpc) is 2.59. The summed E-state index contributed by atoms with van der Waals surface area (Å²) in [6.45, 7) is 4.46. The molecule has 3 rings (SSSR count). The number of hydrogen-bond acceptors (Lipinski definition) is 4. The number of aromatic nitrogens is 2. The van der Waals surface area contributed by atoms with Crippen molar-refractivity contribution in [2.24, 2.45) is 0 Å². The zero-order chi connectivity index (χ0) is 16.9. The number of aryl methyl sites for hydroxylation is 1. The molecule has 0 saturated heterocycles. The second-order valence-electron chi connectivity index (χ2n) is 5.45. The predicted octanol–water partition coefficient (Wildman–Crippen LogP) is 4.77. The third kappa shape index (κ3) is 3.68. The van der Waals surface area contributed by atoms with Gasteiger partial charge in [-0.3, -0.25) is 0 Å². The molecule has 0 amide bonds. The molecule has 0 aliphatic carbocycles. The largest absolute Gasteiger partial charge is 0.354 e. The van der Waals surface area contributed by atoms with Crippen molar-refractivity contribution in [3.05, 3.63) is 66.0 Å². The van der Waals surface area contributed by atoms with Gasteiger partial charge >= 0.3 is 0 Å². The fourth-order valence-corrected chi connectivity index (χ4v) is 2.38. The minimum Gasteiger partial charge on any atom is -0.354 e. The monoisotopic (exact) mass is 322 g/mol. The molecular formula is C19H19FN4. The maximum Gasteiger partial charge on any atom is 0.225 e. The molecule has 122 valence electrons. The van der Waals surface area contributed by atoms with Crippen LogP contribution in [-0.4, -0.2) is 16.5 Å². The van der Waals surface area contributed by atoms with Gasteiger partial charge in [0, 0.05) is 23.9 Å². The molecule has 24 heavy (non-hydrogen) atoms. The Morgan fingerprint density at radius 2 is 1.79 bits per heavy atom. The third-order valence-corrected chi connectivity index (χ3v) is 3.56. The number of halogens is 1. The Hall–Kier alpha value is -2.95. The first-order chi connectivity index (χ1) is 11.7. The summed E-state index contributed by atoms with van der Waals surface area (Å²) in [5, 5.41) is 6.37. The maximum atomic E-state index is 13.4. The third-order valence-electron chi connectivity index (χ3n) is 3.56. The van der Waals surface area contributed by atoms with Crippen molar-refractivity contribution >= 4 is 17.5 Å². The zero-order valence-electron chi connectivity index (χ0n) is 13.7. The van der Waals surface area contributed by atoms with Crippen LogP contribution in [0.3, 0.4) is 0 Å². The highest BCUT2D eigenvalue weighted by molar-refractivity contribution is 5.67. The van der Waals surface area contributed by atoms with Gasteiger partial charge in [-0.15, -0.1) is 0 Å². The number of hydrogen-bond donors (Lipinski definition) is 2. The van der Waals surface area contributed by atoms with E-state index in [-0.39, 0.29) is 5.82 Å². The Kier molecular flexibility index (Phi) is 4.70. The van der Waals surface area contributed by atoms with Crippen LogP contribution < -0.4 is 10.6 Å². The normalized spacial score (nSPS) is 10.5. The van der Waals surface area contributed by atoms with Crippen molar-refractivity contribution in [2.75, 3.05) is 17.2 Å². The van der Waals surface area contributed by atoms with E-state index >= 15 is 0 Å². The Labute approximate surface area is 140 Å². The zero-order valence-corrected chi connectivity index (χ0v) is 13.7. The Morgan fingerprint density at radius 3 is 2.50 bits per heavy atom. The van der Waals surface area contributed by atoms with Gasteiger partial charge in [-0.05, 0) is 37.6 Å². The highest BCUT2D eigenvalue weighted by atomic mass is 19.1. The molecule has 0 aliphatic heterocycles. The molecule has 0 spiro atoms. The molecule has 1 heterocycles. The van der Waals surface area contributed by atoms with E-state index in [0.717, 1.165) is 23.5 Å². The molecule has 0 atom stereocenters. The van der Waals surface area contributed by atoms with Crippen LogP contribution in [0.25, 0.3) is 11.3 Å². The van der Waals surface area contributed by atoms with Crippen LogP contribution in [0, 0.1) is 12.7 Å². The molecule has 0 bridgehead atoms. The van der Waals surface area contributed by atoms with Crippen LogP contribution in [-0.2, 0) is 0 Å². The lowest BCUT2D eigenvalue weighted by Crippen LogP contribution is -2.05. The van der Waals surface area contributed by atoms with Gasteiger partial charge in [0.05, 0.1) is 5.69 Å². The van der Waals surface area contributed by atoms with Crippen molar-refractivity contribution in [1.82, 2.24) is 9.97 Å². The Bertz CT molecular complexity index is 834. The van der Waals surface area contributed by atoms with E-state index in [1.807, 2.05) is 43.3 Å². The molecule has 3 aromatic rings. The van der Waals surface area contributed by atoms with Crippen LogP contribution in [0.5, 0.6) is 0 Å². The molecule has 4 nitrogen and oxygen atoms in total. The molecule has 0 saturated carbocycles. The second-order valence-corrected chi connectivity index (χ2v) is 5.45. The lowest BCUT2D eigenvalue weighted by molar-refractivity contribution is 0.619. The van der Waals surface area contributed by atoms with E-state index in [1.165, 1.54) is 6.07 Å². The minimum absolute atomic E-state index is 0.221. The number of nitrogens with one attached hydrogen (secondary N) is 2. The first-order valence-corrected chi connectivity index (χ1v) is 7.87. The summed E-state index contributed by atoms with van der Waals surface area (Å²) in [5.74, 6) is 0.993. The van der Waals surface area contributed by atoms with Crippen LogP contribution in [0.1, 0.15) is 12.5 Å². The molecule has 1 aromatic heterocycles. The van der Waals surface area contributed by atoms with Crippen molar-refractivity contribution in [1.29, 1.82) is 0 Å². The Morgan fingerprint density at radius 1 is 1.00 bits per heavy atom. The van der Waals surface area contributed by atoms with Gasteiger partial charge in [0.2, 0.25) is 5.95 Å². The average molecular weight is 322 g/mol. The summed E-state index contributed by atoms with van der Waals surface area (Å²) in [7, 11) is 0. The summed E-state index contributed by atoms with van der Waals surface area (Å²) >= 11 is 0. The second kappa shape index (κ2) is 7.08. The van der Waals surface area contributed by atoms with Gasteiger partial charge in [-0.2, -0.15) is 4.98 Å². The summed E-state index contributed by atoms with van der Waals surface area (Å²) in [4.78, 5) is 9.01. The van der Waals surface area contributed by atoms with E-state index in [4.69, 9.17) is 0 Å². The molecular weight excluding hydrogens is 303 g/mol. The molecule has 0 unspecified atom stereocenters. The highest BCUT2D eigenvalue weighted by Crippen LogP contribution is 2.24. The quantitative estimate of drug-likeness (QED) is 0.710. The van der Waals surface area contributed by atoms with Gasteiger partial charge in [-0.25, -0.2) is 9.37 Å². The Balaban J connectivity index is 1.97. The molecule has 5 heteroatoms. The van der Waals surface area contributed by atoms with E-state index < -0.39 is 0 Å². The number of anilines is 3. The van der Waals surface area contributed by atoms with Gasteiger partial charge in [0.15, 0.2) is 0 Å². The van der Waals surface area contributed by atoms with Gasteiger partial charge < -0.3 is 10.6 Å². The van der Waals surface area contributed by atoms with Gasteiger partial charge in [0.1, 0.15) is 11.6 Å². The molecule has 0 radical (unpaired) electrons. The lowest BCUT2D eigenvalue weighted by atomic mass is 10.1. The summed E-state index contributed by atoms with van der Waals surface area (Å²) in [6, 6.07) is 16.7. The van der Waals surface area contributed by atoms with E-state index in [0.29, 0.717) is 17.3 Å². The standard InChI is InChI=1S/C19H19FN4/c1-3-21-19-23-17(14-7-5-4-6-8-14)12-18(24-19)22-15-9-10-16(20)13(2)11-15/h4-12H,3H2,1-2H3,(H2,21,22,23,24). The topological polar surface area (TPSA) is 49.8 Å². The summed E-state index contributed by atoms with van der Waals surface area (Å²) < 4.78 is 13.4. The molecule has 0 aliphatic rings. The van der Waals surface area contributed by atoms with E-state index in [2.05, 4.69) is 20.6 Å². The van der Waals surface area contributed by atoms with E-state index in [9.17, 15) is 4.39 Å². The highest BCUT2D eigenvalue weighted by Gasteiger charge is 2.07.